The molecule has 0 aromatic heterocycles. The second-order valence-electron chi connectivity index (χ2n) is 22.2. The Morgan fingerprint density at radius 3 is 1.30 bits per heavy atom. The Morgan fingerprint density at radius 2 is 0.855 bits per heavy atom. The molecule has 76 heavy (non-hydrogen) atoms. The van der Waals surface area contributed by atoms with Crippen molar-refractivity contribution in [3.63, 3.8) is 0 Å². The van der Waals surface area contributed by atoms with Gasteiger partial charge >= 0.3 is 13.8 Å². The number of quaternary nitrogens is 1. The van der Waals surface area contributed by atoms with Crippen LogP contribution in [0.4, 0.5) is 0 Å². The van der Waals surface area contributed by atoms with Crippen molar-refractivity contribution in [2.24, 2.45) is 0 Å². The summed E-state index contributed by atoms with van der Waals surface area (Å²) in [7, 11) is 1.46. The number of hydrogen-bond acceptors (Lipinski definition) is 6. The van der Waals surface area contributed by atoms with Gasteiger partial charge in [-0.15, -0.1) is 0 Å². The molecule has 0 rings (SSSR count). The van der Waals surface area contributed by atoms with E-state index in [4.69, 9.17) is 13.8 Å². The van der Waals surface area contributed by atoms with Gasteiger partial charge in [0.2, 0.25) is 5.91 Å². The van der Waals surface area contributed by atoms with E-state index in [0.29, 0.717) is 23.9 Å². The van der Waals surface area contributed by atoms with Gasteiger partial charge in [-0.3, -0.25) is 18.6 Å². The summed E-state index contributed by atoms with van der Waals surface area (Å²) in [6, 6.07) is -0.875. The number of hydrogen-bond donors (Lipinski definition) is 2. The molecule has 440 valence electrons. The minimum absolute atomic E-state index is 0.0286. The first kappa shape index (κ1) is 73.2. The Morgan fingerprint density at radius 1 is 0.474 bits per heavy atom. The number of carbonyl (C=O) groups is 2. The van der Waals surface area contributed by atoms with Gasteiger partial charge in [-0.25, -0.2) is 4.57 Å². The summed E-state index contributed by atoms with van der Waals surface area (Å²) in [6.07, 6.45) is 73.1. The molecule has 0 spiro atoms. The van der Waals surface area contributed by atoms with Gasteiger partial charge in [0.25, 0.3) is 0 Å². The molecular weight excluding hydrogens is 964 g/mol. The van der Waals surface area contributed by atoms with E-state index in [-0.39, 0.29) is 31.5 Å². The second-order valence-corrected chi connectivity index (χ2v) is 23.6. The lowest BCUT2D eigenvalue weighted by Crippen LogP contribution is -2.47. The zero-order valence-corrected chi connectivity index (χ0v) is 51.1. The number of phosphoric acid groups is 1. The lowest BCUT2D eigenvalue weighted by molar-refractivity contribution is -0.870. The molecule has 0 saturated heterocycles. The average molecular weight is 1080 g/mol. The predicted octanol–water partition coefficient (Wildman–Crippen LogP) is 19.4. The van der Waals surface area contributed by atoms with Crippen LogP contribution < -0.4 is 5.32 Å². The third-order valence-electron chi connectivity index (χ3n) is 13.6. The highest BCUT2D eigenvalue weighted by Crippen LogP contribution is 2.43. The highest BCUT2D eigenvalue weighted by molar-refractivity contribution is 7.47. The summed E-state index contributed by atoms with van der Waals surface area (Å²) in [5.74, 6) is -0.573. The maximum atomic E-state index is 13.6. The number of nitrogens with one attached hydrogen (secondary N) is 1. The van der Waals surface area contributed by atoms with Crippen LogP contribution in [0.15, 0.2) is 85.1 Å². The minimum Gasteiger partial charge on any atom is -0.456 e. The van der Waals surface area contributed by atoms with Crippen molar-refractivity contribution in [3.8, 4) is 0 Å². The molecule has 0 aliphatic rings. The van der Waals surface area contributed by atoms with Crippen LogP contribution in [0.5, 0.6) is 0 Å². The molecule has 0 radical (unpaired) electrons. The quantitative estimate of drug-likeness (QED) is 0.0205. The fourth-order valence-corrected chi connectivity index (χ4v) is 9.47. The van der Waals surface area contributed by atoms with Crippen LogP contribution in [0, 0.1) is 0 Å². The van der Waals surface area contributed by atoms with Gasteiger partial charge in [-0.2, -0.15) is 0 Å². The molecule has 2 N–H and O–H groups in total. The largest absolute Gasteiger partial charge is 0.472 e. The van der Waals surface area contributed by atoms with E-state index < -0.39 is 20.0 Å². The van der Waals surface area contributed by atoms with Crippen molar-refractivity contribution in [1.29, 1.82) is 0 Å². The van der Waals surface area contributed by atoms with Gasteiger partial charge in [0.15, 0.2) is 0 Å². The van der Waals surface area contributed by atoms with Crippen LogP contribution in [0.3, 0.4) is 0 Å². The fourth-order valence-electron chi connectivity index (χ4n) is 8.74. The third kappa shape index (κ3) is 55.9. The topological polar surface area (TPSA) is 111 Å². The maximum absolute atomic E-state index is 13.6. The van der Waals surface area contributed by atoms with E-state index >= 15 is 0 Å². The number of likely N-dealkylation sites (N-methyl/N-ethyl adjacent to an activating group) is 1. The summed E-state index contributed by atoms with van der Waals surface area (Å²) in [6.45, 7) is 6.86. The van der Waals surface area contributed by atoms with Crippen molar-refractivity contribution in [2.75, 3.05) is 40.9 Å². The Kier molecular flexibility index (Phi) is 53.5. The Bertz CT molecular complexity index is 1580. The first-order valence-corrected chi connectivity index (χ1v) is 32.9. The second kappa shape index (κ2) is 55.5. The van der Waals surface area contributed by atoms with Crippen molar-refractivity contribution >= 4 is 19.7 Å². The molecule has 1 amide bonds. The first-order valence-electron chi connectivity index (χ1n) is 31.4. The summed E-state index contributed by atoms with van der Waals surface area (Å²) in [5, 5.41) is 3.04. The molecule has 0 aliphatic heterocycles. The van der Waals surface area contributed by atoms with Gasteiger partial charge in [0.1, 0.15) is 19.3 Å². The predicted molar refractivity (Wildman–Crippen MR) is 328 cm³/mol. The summed E-state index contributed by atoms with van der Waals surface area (Å²) in [4.78, 5) is 37.7. The number of carbonyl (C=O) groups excluding carboxylic acids is 2. The van der Waals surface area contributed by atoms with Crippen LogP contribution in [-0.4, -0.2) is 74.3 Å². The summed E-state index contributed by atoms with van der Waals surface area (Å²) in [5.41, 5.74) is 0. The molecule has 3 unspecified atom stereocenters. The zero-order valence-electron chi connectivity index (χ0n) is 50.2. The standard InChI is InChI=1S/C66H119N2O7P/c1-7-10-13-16-19-22-25-28-30-32-33-34-35-37-38-40-43-46-49-52-55-58-65(69)67-63(62-74-76(71,72)73-61-60-68(4,5)6)64(57-54-51-48-45-42-27-24-21-18-15-12-9-3)75-66(70)59-56-53-50-47-44-41-39-36-31-29-26-23-20-17-14-11-8-2/h11,14,20,23,28-31,39,41,47,50,54,57,63-64H,7-10,12-13,15-19,21-22,24-27,32-38,40,42-46,48-49,51-53,55-56,58-62H2,1-6H3,(H-,67,69,71,72)/p+1/b14-11-,23-20-,30-28+,31-29-,41-39-,50-47-,57-54-. The van der Waals surface area contributed by atoms with E-state index in [1.165, 1.54) is 154 Å². The van der Waals surface area contributed by atoms with Gasteiger partial charge < -0.3 is 19.4 Å². The first-order chi connectivity index (χ1) is 36.9. The van der Waals surface area contributed by atoms with Gasteiger partial charge in [0, 0.05) is 12.8 Å². The molecule has 0 aromatic carbocycles. The highest BCUT2D eigenvalue weighted by Gasteiger charge is 2.30. The van der Waals surface area contributed by atoms with Crippen molar-refractivity contribution in [1.82, 2.24) is 5.32 Å². The number of esters is 1. The smallest absolute Gasteiger partial charge is 0.456 e. The number of ether oxygens (including phenoxy) is 1. The third-order valence-corrected chi connectivity index (χ3v) is 14.6. The van der Waals surface area contributed by atoms with Crippen LogP contribution in [0.1, 0.15) is 271 Å². The van der Waals surface area contributed by atoms with Crippen molar-refractivity contribution < 1.29 is 37.3 Å². The number of amides is 1. The van der Waals surface area contributed by atoms with Crippen molar-refractivity contribution in [2.45, 2.75) is 283 Å². The van der Waals surface area contributed by atoms with E-state index in [0.717, 1.165) is 77.0 Å². The van der Waals surface area contributed by atoms with Gasteiger partial charge in [-0.1, -0.05) is 247 Å². The number of unbranched alkanes of at least 4 members (excludes halogenated alkanes) is 28. The molecule has 0 bridgehead atoms. The number of nitrogens with zero attached hydrogens (tertiary/aromatic N) is 1. The molecule has 0 heterocycles. The molecule has 0 aliphatic carbocycles. The number of rotatable bonds is 56. The molecule has 0 aromatic rings. The number of allylic oxidation sites excluding steroid dienone is 13. The van der Waals surface area contributed by atoms with E-state index in [1.807, 2.05) is 33.3 Å². The Balaban J connectivity index is 5.30. The SMILES string of the molecule is CC/C=C\C/C=C\C/C=C\C/C=C\C/C=C\CCCC(=O)OC(/C=C\CCCCCCCCCCCC)C(COP(=O)(O)OCC[N+](C)(C)C)NC(=O)CCCCCCCCCCCCC/C=C/CCCCCCCC. The van der Waals surface area contributed by atoms with E-state index in [2.05, 4.69) is 99.0 Å². The zero-order chi connectivity index (χ0) is 55.7. The molecule has 0 fully saturated rings. The summed E-state index contributed by atoms with van der Waals surface area (Å²) >= 11 is 0. The minimum atomic E-state index is -4.46. The maximum Gasteiger partial charge on any atom is 0.472 e. The van der Waals surface area contributed by atoms with E-state index in [1.54, 1.807) is 0 Å². The fraction of sp³-hybridized carbons (Fsp3) is 0.758. The normalized spacial score (nSPS) is 14.2. The van der Waals surface area contributed by atoms with Gasteiger partial charge in [-0.05, 0) is 96.0 Å². The van der Waals surface area contributed by atoms with Crippen LogP contribution >= 0.6 is 7.82 Å². The van der Waals surface area contributed by atoms with Crippen LogP contribution in [-0.2, 0) is 27.9 Å². The van der Waals surface area contributed by atoms with Crippen LogP contribution in [0.2, 0.25) is 0 Å². The Labute approximate surface area is 469 Å². The van der Waals surface area contributed by atoms with E-state index in [9.17, 15) is 19.0 Å². The highest BCUT2D eigenvalue weighted by atomic mass is 31.2. The molecule has 9 nitrogen and oxygen atoms in total. The monoisotopic (exact) mass is 1080 g/mol. The average Bonchev–Trinajstić information content (AvgIpc) is 3.38. The lowest BCUT2D eigenvalue weighted by atomic mass is 10.0. The van der Waals surface area contributed by atoms with Gasteiger partial charge in [0.05, 0.1) is 33.8 Å². The van der Waals surface area contributed by atoms with Crippen molar-refractivity contribution in [3.05, 3.63) is 85.1 Å². The molecular formula is C66H120N2O7P+. The summed E-state index contributed by atoms with van der Waals surface area (Å²) < 4.78 is 30.6. The Hall–Kier alpha value is -2.81. The lowest BCUT2D eigenvalue weighted by Gasteiger charge is -2.27. The molecule has 3 atom stereocenters. The molecule has 10 heteroatoms. The van der Waals surface area contributed by atoms with Crippen LogP contribution in [0.25, 0.3) is 0 Å². The molecule has 0 saturated carbocycles. The number of phosphoric ester groups is 1.